The van der Waals surface area contributed by atoms with Gasteiger partial charge in [-0.05, 0) is 0 Å². The maximum Gasteiger partial charge on any atom is 0.692 e. The Balaban J connectivity index is 0. The molecule has 0 saturated heterocycles. The number of rotatable bonds is 0. The van der Waals surface area contributed by atoms with Crippen molar-refractivity contribution in [1.29, 1.82) is 0 Å². The van der Waals surface area contributed by atoms with Crippen molar-refractivity contribution in [2.75, 3.05) is 0 Å². The van der Waals surface area contributed by atoms with E-state index in [0.717, 1.165) is 0 Å². The van der Waals surface area contributed by atoms with E-state index in [1.807, 2.05) is 0 Å². The predicted molar refractivity (Wildman–Crippen MR) is 17.8 cm³/mol. The molecule has 0 unspecified atom stereocenters. The SMILES string of the molecule is O=[P+](O)O.[K]. The summed E-state index contributed by atoms with van der Waals surface area (Å²) in [6.07, 6.45) is 0. The summed E-state index contributed by atoms with van der Waals surface area (Å²) in [5, 5.41) is 0. The molecule has 5 heavy (non-hydrogen) atoms. The van der Waals surface area contributed by atoms with Gasteiger partial charge in [-0.3, -0.25) is 0 Å². The first kappa shape index (κ1) is 9.82. The topological polar surface area (TPSA) is 57.5 Å². The fourth-order valence-electron chi connectivity index (χ4n) is 0. The standard InChI is InChI=1S/K.HO3P/c;1-4(2)3/h;(H-,1,2,3)/p+1. The van der Waals surface area contributed by atoms with Gasteiger partial charge < -0.3 is 0 Å². The molecule has 0 aliphatic carbocycles. The van der Waals surface area contributed by atoms with Gasteiger partial charge in [0.05, 0.1) is 0 Å². The Morgan fingerprint density at radius 3 is 1.40 bits per heavy atom. The molecular formula is H2KO3P+. The second-order valence-corrected chi connectivity index (χ2v) is 0.758. The molecular weight excluding hydrogens is 118 g/mol. The second-order valence-electron chi connectivity index (χ2n) is 0.253. The minimum atomic E-state index is -2.87. The van der Waals surface area contributed by atoms with Crippen molar-refractivity contribution in [2.24, 2.45) is 0 Å². The van der Waals surface area contributed by atoms with E-state index in [1.165, 1.54) is 0 Å². The van der Waals surface area contributed by atoms with E-state index in [-0.39, 0.29) is 51.4 Å². The first-order valence-corrected chi connectivity index (χ1v) is 1.75. The van der Waals surface area contributed by atoms with Crippen LogP contribution in [0.3, 0.4) is 0 Å². The fraction of sp³-hybridized carbons (Fsp3) is 0. The molecule has 3 nitrogen and oxygen atoms in total. The van der Waals surface area contributed by atoms with Crippen molar-refractivity contribution in [3.05, 3.63) is 0 Å². The maximum absolute atomic E-state index is 8.70. The molecule has 5 heteroatoms. The third-order valence-corrected chi connectivity index (χ3v) is 0. The van der Waals surface area contributed by atoms with E-state index in [9.17, 15) is 0 Å². The van der Waals surface area contributed by atoms with Crippen LogP contribution in [0, 0.1) is 0 Å². The van der Waals surface area contributed by atoms with Crippen molar-refractivity contribution in [3.8, 4) is 0 Å². The molecule has 25 valence electrons. The smallest absolute Gasteiger partial charge is 0.134 e. The van der Waals surface area contributed by atoms with Gasteiger partial charge in [0.1, 0.15) is 0 Å². The van der Waals surface area contributed by atoms with Crippen LogP contribution in [0.2, 0.25) is 0 Å². The molecule has 0 amide bonds. The number of hydrogen-bond donors (Lipinski definition) is 2. The molecule has 0 heterocycles. The third-order valence-electron chi connectivity index (χ3n) is 0. The molecule has 0 fully saturated rings. The Bertz CT molecular complexity index is 29.9. The quantitative estimate of drug-likeness (QED) is 0.326. The largest absolute Gasteiger partial charge is 0.692 e. The van der Waals surface area contributed by atoms with Crippen LogP contribution in [-0.2, 0) is 4.57 Å². The molecule has 0 bridgehead atoms. The van der Waals surface area contributed by atoms with Gasteiger partial charge in [0.25, 0.3) is 0 Å². The molecule has 0 saturated carbocycles. The van der Waals surface area contributed by atoms with Crippen LogP contribution < -0.4 is 0 Å². The first-order chi connectivity index (χ1) is 1.73. The zero-order valence-electron chi connectivity index (χ0n) is 2.75. The average Bonchev–Trinajstić information content (AvgIpc) is 0.811. The molecule has 0 aromatic carbocycles. The molecule has 0 aliphatic heterocycles. The molecule has 0 rings (SSSR count). The Labute approximate surface area is 72.8 Å². The maximum atomic E-state index is 8.70. The van der Waals surface area contributed by atoms with Crippen LogP contribution in [-0.4, -0.2) is 61.2 Å². The van der Waals surface area contributed by atoms with Crippen LogP contribution in [0.15, 0.2) is 0 Å². The number of hydrogen-bond acceptors (Lipinski definition) is 1. The molecule has 0 aliphatic rings. The van der Waals surface area contributed by atoms with Crippen LogP contribution >= 0.6 is 8.25 Å². The summed E-state index contributed by atoms with van der Waals surface area (Å²) in [7, 11) is -2.87. The summed E-state index contributed by atoms with van der Waals surface area (Å²) < 4.78 is 8.70. The van der Waals surface area contributed by atoms with Crippen LogP contribution in [0.5, 0.6) is 0 Å². The zero-order chi connectivity index (χ0) is 3.58. The Kier molecular flexibility index (Phi) is 11.1. The van der Waals surface area contributed by atoms with Crippen molar-refractivity contribution in [1.82, 2.24) is 0 Å². The van der Waals surface area contributed by atoms with E-state index < -0.39 is 8.25 Å². The minimum Gasteiger partial charge on any atom is -0.134 e. The molecule has 0 aromatic rings. The van der Waals surface area contributed by atoms with Crippen molar-refractivity contribution in [2.45, 2.75) is 0 Å². The Morgan fingerprint density at radius 1 is 1.40 bits per heavy atom. The summed E-state index contributed by atoms with van der Waals surface area (Å²) in [6, 6.07) is 0. The Morgan fingerprint density at radius 2 is 1.40 bits per heavy atom. The van der Waals surface area contributed by atoms with Gasteiger partial charge in [-0.25, -0.2) is 0 Å². The summed E-state index contributed by atoms with van der Waals surface area (Å²) >= 11 is 0. The Hall–Kier alpha value is 1.66. The third kappa shape index (κ3) is 27.6. The van der Waals surface area contributed by atoms with Gasteiger partial charge in [-0.2, -0.15) is 0 Å². The molecule has 0 atom stereocenters. The first-order valence-electron chi connectivity index (χ1n) is 0.583. The molecule has 0 spiro atoms. The van der Waals surface area contributed by atoms with Gasteiger partial charge in [0, 0.05) is 55.9 Å². The van der Waals surface area contributed by atoms with E-state index >= 15 is 0 Å². The molecule has 0 aromatic heterocycles. The van der Waals surface area contributed by atoms with Crippen LogP contribution in [0.25, 0.3) is 0 Å². The van der Waals surface area contributed by atoms with Gasteiger partial charge in [0.2, 0.25) is 0 Å². The monoisotopic (exact) mass is 120 g/mol. The normalized spacial score (nSPS) is 5.20. The van der Waals surface area contributed by atoms with Crippen LogP contribution in [0.1, 0.15) is 0 Å². The predicted octanol–water partition coefficient (Wildman–Crippen LogP) is -0.752. The molecule has 1 radical (unpaired) electrons. The van der Waals surface area contributed by atoms with Crippen molar-refractivity contribution >= 4 is 59.6 Å². The summed E-state index contributed by atoms with van der Waals surface area (Å²) in [5.74, 6) is 0. The summed E-state index contributed by atoms with van der Waals surface area (Å²) in [5.41, 5.74) is 0. The van der Waals surface area contributed by atoms with E-state index in [2.05, 4.69) is 0 Å². The summed E-state index contributed by atoms with van der Waals surface area (Å²) in [4.78, 5) is 14.2. The average molecular weight is 120 g/mol. The van der Waals surface area contributed by atoms with Crippen molar-refractivity contribution < 1.29 is 14.4 Å². The van der Waals surface area contributed by atoms with Gasteiger partial charge in [0.15, 0.2) is 0 Å². The fourth-order valence-corrected chi connectivity index (χ4v) is 0. The second kappa shape index (κ2) is 5.66. The summed E-state index contributed by atoms with van der Waals surface area (Å²) in [6.45, 7) is 0. The van der Waals surface area contributed by atoms with E-state index in [1.54, 1.807) is 0 Å². The minimum absolute atomic E-state index is 0. The van der Waals surface area contributed by atoms with Crippen LogP contribution in [0.4, 0.5) is 0 Å². The van der Waals surface area contributed by atoms with Gasteiger partial charge >= 0.3 is 8.25 Å². The van der Waals surface area contributed by atoms with E-state index in [4.69, 9.17) is 14.4 Å². The molecule has 2 N–H and O–H groups in total. The van der Waals surface area contributed by atoms with Gasteiger partial charge in [-0.15, -0.1) is 9.79 Å². The van der Waals surface area contributed by atoms with Crippen molar-refractivity contribution in [3.63, 3.8) is 0 Å². The van der Waals surface area contributed by atoms with Gasteiger partial charge in [-0.1, -0.05) is 0 Å². The van der Waals surface area contributed by atoms with E-state index in [0.29, 0.717) is 0 Å². The zero-order valence-corrected chi connectivity index (χ0v) is 6.77.